The van der Waals surface area contributed by atoms with Gasteiger partial charge < -0.3 is 10.6 Å². The first-order valence-corrected chi connectivity index (χ1v) is 6.82. The average molecular weight is 241 g/mol. The van der Waals surface area contributed by atoms with Gasteiger partial charge in [-0.2, -0.15) is 0 Å². The predicted molar refractivity (Wildman–Crippen MR) is 70.8 cm³/mol. The predicted octanol–water partition coefficient (Wildman–Crippen LogP) is 1.06. The summed E-state index contributed by atoms with van der Waals surface area (Å²) in [7, 11) is 1.87. The van der Waals surface area contributed by atoms with Crippen molar-refractivity contribution in [3.63, 3.8) is 0 Å². The lowest BCUT2D eigenvalue weighted by atomic mass is 9.90. The minimum atomic E-state index is 0.226. The Bertz CT molecular complexity index is 237. The maximum absolute atomic E-state index is 11.9. The van der Waals surface area contributed by atoms with E-state index in [1.54, 1.807) is 4.90 Å². The summed E-state index contributed by atoms with van der Waals surface area (Å²) in [6.07, 6.45) is 4.47. The summed E-state index contributed by atoms with van der Waals surface area (Å²) in [4.78, 5) is 16.0. The summed E-state index contributed by atoms with van der Waals surface area (Å²) >= 11 is 0. The second-order valence-corrected chi connectivity index (χ2v) is 5.04. The molecule has 1 aliphatic carbocycles. The standard InChI is InChI=1S/C13H27N3O/c1-4-15(3)13(17)10-16(5-2)12-8-6-11(14)7-9-12/h11-12H,4-10,14H2,1-3H3. The summed E-state index contributed by atoms with van der Waals surface area (Å²) in [6, 6.07) is 0.924. The summed E-state index contributed by atoms with van der Waals surface area (Å²) in [5, 5.41) is 0. The van der Waals surface area contributed by atoms with Crippen molar-refractivity contribution in [2.45, 2.75) is 51.6 Å². The molecule has 0 aliphatic heterocycles. The molecule has 0 heterocycles. The monoisotopic (exact) mass is 241 g/mol. The van der Waals surface area contributed by atoms with Crippen molar-refractivity contribution in [1.29, 1.82) is 0 Å². The van der Waals surface area contributed by atoms with Gasteiger partial charge in [0, 0.05) is 25.7 Å². The van der Waals surface area contributed by atoms with E-state index in [-0.39, 0.29) is 5.91 Å². The van der Waals surface area contributed by atoms with E-state index in [9.17, 15) is 4.79 Å². The van der Waals surface area contributed by atoms with Crippen molar-refractivity contribution >= 4 is 5.91 Å². The number of rotatable bonds is 5. The molecule has 0 aromatic carbocycles. The van der Waals surface area contributed by atoms with Crippen molar-refractivity contribution in [3.05, 3.63) is 0 Å². The van der Waals surface area contributed by atoms with E-state index in [2.05, 4.69) is 11.8 Å². The lowest BCUT2D eigenvalue weighted by Gasteiger charge is -2.35. The zero-order valence-electron chi connectivity index (χ0n) is 11.5. The van der Waals surface area contributed by atoms with E-state index in [4.69, 9.17) is 5.73 Å². The van der Waals surface area contributed by atoms with Crippen LogP contribution in [0.1, 0.15) is 39.5 Å². The van der Waals surface area contributed by atoms with Gasteiger partial charge in [0.25, 0.3) is 0 Å². The molecule has 0 unspecified atom stereocenters. The molecular weight excluding hydrogens is 214 g/mol. The van der Waals surface area contributed by atoms with Gasteiger partial charge in [-0.25, -0.2) is 0 Å². The van der Waals surface area contributed by atoms with Crippen LogP contribution in [-0.4, -0.2) is 54.5 Å². The molecule has 0 aromatic rings. The molecule has 4 heteroatoms. The smallest absolute Gasteiger partial charge is 0.236 e. The molecule has 0 spiro atoms. The molecule has 0 radical (unpaired) electrons. The van der Waals surface area contributed by atoms with Gasteiger partial charge in [0.05, 0.1) is 6.54 Å². The Balaban J connectivity index is 2.45. The molecule has 1 aliphatic rings. The SMILES string of the molecule is CCN(C)C(=O)CN(CC)C1CCC(N)CC1. The molecular formula is C13H27N3O. The highest BCUT2D eigenvalue weighted by Gasteiger charge is 2.25. The quantitative estimate of drug-likeness (QED) is 0.783. The molecule has 1 amide bonds. The number of carbonyl (C=O) groups is 1. The Morgan fingerprint density at radius 2 is 1.76 bits per heavy atom. The molecule has 0 atom stereocenters. The highest BCUT2D eigenvalue weighted by molar-refractivity contribution is 5.77. The van der Waals surface area contributed by atoms with Crippen molar-refractivity contribution in [1.82, 2.24) is 9.80 Å². The Morgan fingerprint density at radius 3 is 2.24 bits per heavy atom. The Morgan fingerprint density at radius 1 is 1.18 bits per heavy atom. The summed E-state index contributed by atoms with van der Waals surface area (Å²) in [6.45, 7) is 6.43. The van der Waals surface area contributed by atoms with Gasteiger partial charge in [0.15, 0.2) is 0 Å². The van der Waals surface area contributed by atoms with Gasteiger partial charge in [-0.05, 0) is 39.2 Å². The third-order valence-electron chi connectivity index (χ3n) is 3.90. The van der Waals surface area contributed by atoms with Crippen molar-refractivity contribution < 1.29 is 4.79 Å². The largest absolute Gasteiger partial charge is 0.345 e. The van der Waals surface area contributed by atoms with Gasteiger partial charge in [0.1, 0.15) is 0 Å². The fourth-order valence-electron chi connectivity index (χ4n) is 2.44. The number of hydrogen-bond acceptors (Lipinski definition) is 3. The molecule has 1 rings (SSSR count). The lowest BCUT2D eigenvalue weighted by molar-refractivity contribution is -0.131. The van der Waals surface area contributed by atoms with Crippen molar-refractivity contribution in [2.24, 2.45) is 5.73 Å². The zero-order valence-corrected chi connectivity index (χ0v) is 11.5. The Hall–Kier alpha value is -0.610. The van der Waals surface area contributed by atoms with Gasteiger partial charge in [-0.1, -0.05) is 6.92 Å². The first-order valence-electron chi connectivity index (χ1n) is 6.82. The van der Waals surface area contributed by atoms with E-state index in [0.29, 0.717) is 18.6 Å². The molecule has 1 saturated carbocycles. The van der Waals surface area contributed by atoms with Crippen LogP contribution in [0.25, 0.3) is 0 Å². The van der Waals surface area contributed by atoms with Crippen LogP contribution in [0.4, 0.5) is 0 Å². The third-order valence-corrected chi connectivity index (χ3v) is 3.90. The second kappa shape index (κ2) is 6.97. The van der Waals surface area contributed by atoms with Crippen LogP contribution in [-0.2, 0) is 4.79 Å². The average Bonchev–Trinajstić information content (AvgIpc) is 2.35. The van der Waals surface area contributed by atoms with E-state index in [0.717, 1.165) is 38.8 Å². The van der Waals surface area contributed by atoms with Gasteiger partial charge in [0.2, 0.25) is 5.91 Å². The number of amides is 1. The Kier molecular flexibility index (Phi) is 5.92. The van der Waals surface area contributed by atoms with Gasteiger partial charge in [-0.3, -0.25) is 9.69 Å². The van der Waals surface area contributed by atoms with E-state index >= 15 is 0 Å². The summed E-state index contributed by atoms with van der Waals surface area (Å²) < 4.78 is 0. The lowest BCUT2D eigenvalue weighted by Crippen LogP contribution is -2.46. The number of nitrogens with two attached hydrogens (primary N) is 1. The number of likely N-dealkylation sites (N-methyl/N-ethyl adjacent to an activating group) is 2. The topological polar surface area (TPSA) is 49.6 Å². The van der Waals surface area contributed by atoms with Crippen LogP contribution < -0.4 is 5.73 Å². The Labute approximate surface area is 105 Å². The van der Waals surface area contributed by atoms with Crippen molar-refractivity contribution in [2.75, 3.05) is 26.7 Å². The fourth-order valence-corrected chi connectivity index (χ4v) is 2.44. The number of hydrogen-bond donors (Lipinski definition) is 1. The maximum Gasteiger partial charge on any atom is 0.236 e. The first-order chi connectivity index (χ1) is 8.08. The molecule has 17 heavy (non-hydrogen) atoms. The van der Waals surface area contributed by atoms with Gasteiger partial charge >= 0.3 is 0 Å². The van der Waals surface area contributed by atoms with Crippen LogP contribution in [0.3, 0.4) is 0 Å². The number of carbonyl (C=O) groups excluding carboxylic acids is 1. The van der Waals surface area contributed by atoms with Crippen LogP contribution in [0, 0.1) is 0 Å². The molecule has 100 valence electrons. The third kappa shape index (κ3) is 4.28. The highest BCUT2D eigenvalue weighted by Crippen LogP contribution is 2.21. The van der Waals surface area contributed by atoms with Crippen molar-refractivity contribution in [3.8, 4) is 0 Å². The molecule has 2 N–H and O–H groups in total. The zero-order chi connectivity index (χ0) is 12.8. The van der Waals surface area contributed by atoms with Crippen LogP contribution in [0.15, 0.2) is 0 Å². The minimum absolute atomic E-state index is 0.226. The molecule has 0 aromatic heterocycles. The molecule has 4 nitrogen and oxygen atoms in total. The fraction of sp³-hybridized carbons (Fsp3) is 0.923. The first kappa shape index (κ1) is 14.5. The highest BCUT2D eigenvalue weighted by atomic mass is 16.2. The minimum Gasteiger partial charge on any atom is -0.345 e. The number of nitrogens with zero attached hydrogens (tertiary/aromatic N) is 2. The molecule has 1 fully saturated rings. The van der Waals surface area contributed by atoms with E-state index in [1.165, 1.54) is 0 Å². The van der Waals surface area contributed by atoms with Crippen LogP contribution >= 0.6 is 0 Å². The van der Waals surface area contributed by atoms with Gasteiger partial charge in [-0.15, -0.1) is 0 Å². The molecule has 0 saturated heterocycles. The summed E-state index contributed by atoms with van der Waals surface area (Å²) in [5.41, 5.74) is 5.92. The normalized spacial score (nSPS) is 25.0. The molecule has 0 bridgehead atoms. The second-order valence-electron chi connectivity index (χ2n) is 5.04. The van der Waals surface area contributed by atoms with E-state index < -0.39 is 0 Å². The van der Waals surface area contributed by atoms with Crippen LogP contribution in [0.2, 0.25) is 0 Å². The maximum atomic E-state index is 11.9. The van der Waals surface area contributed by atoms with Crippen LogP contribution in [0.5, 0.6) is 0 Å². The van der Waals surface area contributed by atoms with E-state index in [1.807, 2.05) is 14.0 Å². The summed E-state index contributed by atoms with van der Waals surface area (Å²) in [5.74, 6) is 0.226.